The maximum Gasteiger partial charge on any atom is 0.253 e. The van der Waals surface area contributed by atoms with Crippen molar-refractivity contribution in [2.75, 3.05) is 20.1 Å². The number of aryl methyl sites for hydroxylation is 1. The molecule has 4 heterocycles. The summed E-state index contributed by atoms with van der Waals surface area (Å²) in [5, 5.41) is 6.45. The van der Waals surface area contributed by atoms with Crippen LogP contribution in [0.25, 0.3) is 22.5 Å². The SMILES string of the molecule is CN1CC2(C1)c1[nH]c3c(c1C(=O)NC21CC1)CCc1cnc(-c2cccc(C(=O)NCc4ccccc4)c2)cc1-3. The lowest BCUT2D eigenvalue weighted by atomic mass is 9.65. The lowest BCUT2D eigenvalue weighted by molar-refractivity contribution is 0.0339. The second kappa shape index (κ2) is 8.38. The maximum absolute atomic E-state index is 13.4. The summed E-state index contributed by atoms with van der Waals surface area (Å²) in [7, 11) is 2.16. The molecule has 2 amide bonds. The summed E-state index contributed by atoms with van der Waals surface area (Å²) >= 11 is 0. The number of carbonyl (C=O) groups is 2. The Labute approximate surface area is 233 Å². The molecule has 2 fully saturated rings. The van der Waals surface area contributed by atoms with E-state index < -0.39 is 0 Å². The number of carbonyl (C=O) groups excluding carboxylic acids is 2. The van der Waals surface area contributed by atoms with Gasteiger partial charge in [-0.25, -0.2) is 0 Å². The summed E-state index contributed by atoms with van der Waals surface area (Å²) in [5.41, 5.74) is 9.77. The van der Waals surface area contributed by atoms with E-state index in [-0.39, 0.29) is 22.8 Å². The van der Waals surface area contributed by atoms with Crippen molar-refractivity contribution in [3.63, 3.8) is 0 Å². The average molecular weight is 530 g/mol. The molecule has 7 heteroatoms. The van der Waals surface area contributed by atoms with E-state index in [2.05, 4.69) is 33.6 Å². The molecule has 0 atom stereocenters. The third-order valence-electron chi connectivity index (χ3n) is 9.52. The number of fused-ring (bicyclic) bond motifs is 7. The minimum absolute atomic E-state index is 0.0280. The Morgan fingerprint density at radius 1 is 1.05 bits per heavy atom. The van der Waals surface area contributed by atoms with Crippen molar-refractivity contribution < 1.29 is 9.59 Å². The number of nitrogens with one attached hydrogen (secondary N) is 3. The molecular formula is C33H31N5O2. The smallest absolute Gasteiger partial charge is 0.253 e. The first-order valence-electron chi connectivity index (χ1n) is 14.1. The van der Waals surface area contributed by atoms with Crippen LogP contribution in [0, 0.1) is 0 Å². The van der Waals surface area contributed by atoms with Gasteiger partial charge in [-0.05, 0) is 67.6 Å². The number of aromatic nitrogens is 2. The third kappa shape index (κ3) is 3.37. The van der Waals surface area contributed by atoms with Crippen LogP contribution in [0.15, 0.2) is 66.9 Å². The molecule has 1 saturated heterocycles. The van der Waals surface area contributed by atoms with Gasteiger partial charge in [-0.1, -0.05) is 42.5 Å². The number of hydrogen-bond donors (Lipinski definition) is 3. The zero-order chi connectivity index (χ0) is 27.1. The molecule has 1 saturated carbocycles. The fraction of sp³-hybridized carbons (Fsp3) is 0.303. The molecule has 7 nitrogen and oxygen atoms in total. The van der Waals surface area contributed by atoms with Crippen molar-refractivity contribution in [1.29, 1.82) is 0 Å². The predicted molar refractivity (Wildman–Crippen MR) is 153 cm³/mol. The summed E-state index contributed by atoms with van der Waals surface area (Å²) in [6.07, 6.45) is 5.75. The van der Waals surface area contributed by atoms with E-state index in [1.54, 1.807) is 0 Å². The number of benzene rings is 2. The molecule has 0 unspecified atom stereocenters. The van der Waals surface area contributed by atoms with Gasteiger partial charge in [0.05, 0.1) is 27.9 Å². The van der Waals surface area contributed by atoms with Gasteiger partial charge in [0, 0.05) is 48.2 Å². The first kappa shape index (κ1) is 23.6. The Balaban J connectivity index is 1.14. The molecule has 40 heavy (non-hydrogen) atoms. The number of nitrogens with zero attached hydrogens (tertiary/aromatic N) is 2. The fourth-order valence-electron chi connectivity index (χ4n) is 7.36. The van der Waals surface area contributed by atoms with Gasteiger partial charge in [0.1, 0.15) is 0 Å². The summed E-state index contributed by atoms with van der Waals surface area (Å²) < 4.78 is 0. The van der Waals surface area contributed by atoms with Gasteiger partial charge in [0.25, 0.3) is 11.8 Å². The van der Waals surface area contributed by atoms with Crippen molar-refractivity contribution >= 4 is 11.8 Å². The van der Waals surface area contributed by atoms with Crippen molar-refractivity contribution in [3.05, 3.63) is 100 Å². The topological polar surface area (TPSA) is 90.1 Å². The second-order valence-electron chi connectivity index (χ2n) is 12.0. The molecule has 0 radical (unpaired) electrons. The van der Waals surface area contributed by atoms with Gasteiger partial charge in [0.15, 0.2) is 0 Å². The zero-order valence-electron chi connectivity index (χ0n) is 22.5. The Bertz CT molecular complexity index is 1700. The van der Waals surface area contributed by atoms with E-state index in [0.717, 1.165) is 83.7 Å². The number of aromatic amines is 1. The molecule has 4 aromatic rings. The van der Waals surface area contributed by atoms with E-state index in [1.165, 1.54) is 5.56 Å². The quantitative estimate of drug-likeness (QED) is 0.369. The molecule has 2 aliphatic heterocycles. The number of H-pyrrole nitrogens is 1. The van der Waals surface area contributed by atoms with Crippen molar-refractivity contribution in [1.82, 2.24) is 25.5 Å². The van der Waals surface area contributed by atoms with Crippen LogP contribution in [0.5, 0.6) is 0 Å². The lowest BCUT2D eigenvalue weighted by Crippen LogP contribution is -2.71. The Morgan fingerprint density at radius 2 is 1.88 bits per heavy atom. The van der Waals surface area contributed by atoms with Gasteiger partial charge in [-0.15, -0.1) is 0 Å². The minimum Gasteiger partial charge on any atom is -0.357 e. The molecular weight excluding hydrogens is 498 g/mol. The van der Waals surface area contributed by atoms with E-state index in [9.17, 15) is 9.59 Å². The summed E-state index contributed by atoms with van der Waals surface area (Å²) in [4.78, 5) is 37.3. The molecule has 2 aromatic carbocycles. The Kier molecular flexibility index (Phi) is 4.96. The van der Waals surface area contributed by atoms with E-state index in [0.29, 0.717) is 12.1 Å². The highest BCUT2D eigenvalue weighted by Gasteiger charge is 2.69. The van der Waals surface area contributed by atoms with E-state index >= 15 is 0 Å². The maximum atomic E-state index is 13.4. The monoisotopic (exact) mass is 529 g/mol. The van der Waals surface area contributed by atoms with Crippen LogP contribution < -0.4 is 10.6 Å². The number of amides is 2. The summed E-state index contributed by atoms with van der Waals surface area (Å²) in [6, 6.07) is 19.7. The fourth-order valence-corrected chi connectivity index (χ4v) is 7.36. The molecule has 2 aliphatic carbocycles. The molecule has 0 bridgehead atoms. The first-order chi connectivity index (χ1) is 19.5. The highest BCUT2D eigenvalue weighted by Crippen LogP contribution is 2.59. The molecule has 3 N–H and O–H groups in total. The van der Waals surface area contributed by atoms with Crippen LogP contribution in [0.3, 0.4) is 0 Å². The lowest BCUT2D eigenvalue weighted by Gasteiger charge is -2.55. The van der Waals surface area contributed by atoms with Crippen LogP contribution in [-0.4, -0.2) is 52.4 Å². The van der Waals surface area contributed by atoms with Gasteiger partial charge in [-0.2, -0.15) is 0 Å². The second-order valence-corrected chi connectivity index (χ2v) is 12.0. The Morgan fingerprint density at radius 3 is 2.65 bits per heavy atom. The van der Waals surface area contributed by atoms with Gasteiger partial charge < -0.3 is 20.5 Å². The van der Waals surface area contributed by atoms with Crippen LogP contribution >= 0.6 is 0 Å². The number of likely N-dealkylation sites (N-methyl/N-ethyl adjacent to an activating group) is 1. The minimum atomic E-state index is -0.112. The predicted octanol–water partition coefficient (Wildman–Crippen LogP) is 4.23. The average Bonchev–Trinajstić information content (AvgIpc) is 3.62. The number of pyridine rings is 1. The largest absolute Gasteiger partial charge is 0.357 e. The molecule has 2 spiro atoms. The number of hydrogen-bond acceptors (Lipinski definition) is 4. The van der Waals surface area contributed by atoms with Crippen LogP contribution in [0.1, 0.15) is 55.9 Å². The zero-order valence-corrected chi connectivity index (χ0v) is 22.5. The Hall–Kier alpha value is -4.23. The van der Waals surface area contributed by atoms with Crippen LogP contribution in [-0.2, 0) is 24.8 Å². The van der Waals surface area contributed by atoms with E-state index in [1.807, 2.05) is 60.8 Å². The molecule has 4 aliphatic rings. The van der Waals surface area contributed by atoms with Crippen molar-refractivity contribution in [2.45, 2.75) is 43.2 Å². The number of rotatable bonds is 4. The van der Waals surface area contributed by atoms with Gasteiger partial charge in [-0.3, -0.25) is 14.6 Å². The van der Waals surface area contributed by atoms with Crippen molar-refractivity contribution in [3.8, 4) is 22.5 Å². The van der Waals surface area contributed by atoms with Gasteiger partial charge >= 0.3 is 0 Å². The summed E-state index contributed by atoms with van der Waals surface area (Å²) in [5.74, 6) is -0.0316. The molecule has 8 rings (SSSR count). The van der Waals surface area contributed by atoms with Crippen molar-refractivity contribution in [2.24, 2.45) is 0 Å². The molecule has 2 aromatic heterocycles. The van der Waals surface area contributed by atoms with Crippen LogP contribution in [0.2, 0.25) is 0 Å². The standard InChI is InChI=1S/C33H31N5O2/c1-38-18-32(19-38)29-27(31(40)37-33(32)12-13-33)24-11-10-23-17-34-26(15-25(23)28(24)36-29)21-8-5-9-22(14-21)30(39)35-16-20-6-3-2-4-7-20/h2-9,14-15,17,36H,10-13,16,18-19H2,1H3,(H,35,39)(H,37,40). The molecule has 200 valence electrons. The normalized spacial score (nSPS) is 19.3. The van der Waals surface area contributed by atoms with E-state index in [4.69, 9.17) is 4.98 Å². The van der Waals surface area contributed by atoms with Crippen LogP contribution in [0.4, 0.5) is 0 Å². The van der Waals surface area contributed by atoms with Gasteiger partial charge in [0.2, 0.25) is 0 Å². The third-order valence-corrected chi connectivity index (χ3v) is 9.52. The number of likely N-dealkylation sites (tertiary alicyclic amines) is 1. The summed E-state index contributed by atoms with van der Waals surface area (Å²) in [6.45, 7) is 2.41. The highest BCUT2D eigenvalue weighted by atomic mass is 16.2. The first-order valence-corrected chi connectivity index (χ1v) is 14.1. The highest BCUT2D eigenvalue weighted by molar-refractivity contribution is 6.02.